The minimum atomic E-state index is 0.281. The van der Waals surface area contributed by atoms with Gasteiger partial charge < -0.3 is 9.51 Å². The monoisotopic (exact) mass is 335 g/mol. The average Bonchev–Trinajstić information content (AvgIpc) is 3.44. The third-order valence-electron chi connectivity index (χ3n) is 4.95. The number of fused-ring (bicyclic) bond motifs is 1. The number of hydrogen-bond donors (Lipinski definition) is 1. The molecule has 0 atom stereocenters. The van der Waals surface area contributed by atoms with Crippen molar-refractivity contribution >= 4 is 5.65 Å². The summed E-state index contributed by atoms with van der Waals surface area (Å²) >= 11 is 0. The Labute approximate surface area is 148 Å². The SMILES string of the molecule is OCCCCN(Cc1c(-c2ccccc2)nc2ccccn12)C1CC1. The summed E-state index contributed by atoms with van der Waals surface area (Å²) in [5.74, 6) is 0. The van der Waals surface area contributed by atoms with Gasteiger partial charge in [0.15, 0.2) is 0 Å². The molecular formula is C21H25N3O. The van der Waals surface area contributed by atoms with Crippen molar-refractivity contribution in [3.05, 3.63) is 60.4 Å². The van der Waals surface area contributed by atoms with Crippen LogP contribution in [0.4, 0.5) is 0 Å². The summed E-state index contributed by atoms with van der Waals surface area (Å²) in [4.78, 5) is 7.48. The van der Waals surface area contributed by atoms with Gasteiger partial charge in [0, 0.05) is 31.0 Å². The van der Waals surface area contributed by atoms with E-state index in [0.29, 0.717) is 6.04 Å². The molecule has 2 aromatic heterocycles. The lowest BCUT2D eigenvalue weighted by Crippen LogP contribution is -2.27. The first-order chi connectivity index (χ1) is 12.4. The highest BCUT2D eigenvalue weighted by Crippen LogP contribution is 2.31. The molecule has 0 unspecified atom stereocenters. The standard InChI is InChI=1S/C21H25N3O/c25-15-7-6-13-23(18-11-12-18)16-19-21(17-8-2-1-3-9-17)22-20-10-4-5-14-24(19)20/h1-5,8-10,14,18,25H,6-7,11-13,15-16H2. The van der Waals surface area contributed by atoms with Crippen LogP contribution in [0.5, 0.6) is 0 Å². The van der Waals surface area contributed by atoms with Gasteiger partial charge >= 0.3 is 0 Å². The largest absolute Gasteiger partial charge is 0.396 e. The van der Waals surface area contributed by atoms with Crippen LogP contribution in [-0.2, 0) is 6.54 Å². The second-order valence-corrected chi connectivity index (χ2v) is 6.83. The zero-order valence-electron chi connectivity index (χ0n) is 14.5. The molecule has 1 N–H and O–H groups in total. The van der Waals surface area contributed by atoms with Crippen LogP contribution in [0, 0.1) is 0 Å². The number of rotatable bonds is 8. The van der Waals surface area contributed by atoms with Crippen LogP contribution in [-0.4, -0.2) is 38.6 Å². The smallest absolute Gasteiger partial charge is 0.137 e. The van der Waals surface area contributed by atoms with Crippen molar-refractivity contribution in [1.29, 1.82) is 0 Å². The number of unbranched alkanes of at least 4 members (excludes halogenated alkanes) is 1. The topological polar surface area (TPSA) is 40.8 Å². The predicted octanol–water partition coefficient (Wildman–Crippen LogP) is 3.74. The Hall–Kier alpha value is -2.17. The molecule has 1 aliphatic rings. The maximum absolute atomic E-state index is 9.09. The first-order valence-electron chi connectivity index (χ1n) is 9.23. The quantitative estimate of drug-likeness (QED) is 0.638. The van der Waals surface area contributed by atoms with Crippen molar-refractivity contribution in [2.45, 2.75) is 38.3 Å². The van der Waals surface area contributed by atoms with E-state index in [1.807, 2.05) is 12.1 Å². The molecule has 25 heavy (non-hydrogen) atoms. The molecule has 1 aliphatic carbocycles. The van der Waals surface area contributed by atoms with Crippen LogP contribution < -0.4 is 0 Å². The maximum Gasteiger partial charge on any atom is 0.137 e. The summed E-state index contributed by atoms with van der Waals surface area (Å²) in [6.07, 6.45) is 6.61. The van der Waals surface area contributed by atoms with E-state index in [9.17, 15) is 0 Å². The number of pyridine rings is 1. The van der Waals surface area contributed by atoms with Crippen molar-refractivity contribution in [3.8, 4) is 11.3 Å². The van der Waals surface area contributed by atoms with E-state index in [4.69, 9.17) is 10.1 Å². The molecule has 3 aromatic rings. The summed E-state index contributed by atoms with van der Waals surface area (Å²) in [7, 11) is 0. The van der Waals surface area contributed by atoms with Crippen LogP contribution in [0.25, 0.3) is 16.9 Å². The van der Waals surface area contributed by atoms with Gasteiger partial charge in [0.25, 0.3) is 0 Å². The van der Waals surface area contributed by atoms with Crippen molar-refractivity contribution < 1.29 is 5.11 Å². The van der Waals surface area contributed by atoms with Crippen molar-refractivity contribution in [3.63, 3.8) is 0 Å². The molecule has 4 heteroatoms. The number of aliphatic hydroxyl groups excluding tert-OH is 1. The molecule has 0 bridgehead atoms. The Kier molecular flexibility index (Phi) is 4.81. The lowest BCUT2D eigenvalue weighted by atomic mass is 10.1. The van der Waals surface area contributed by atoms with E-state index < -0.39 is 0 Å². The van der Waals surface area contributed by atoms with Gasteiger partial charge in [-0.05, 0) is 44.4 Å². The normalized spacial score (nSPS) is 14.5. The molecule has 4 nitrogen and oxygen atoms in total. The van der Waals surface area contributed by atoms with E-state index in [-0.39, 0.29) is 6.61 Å². The van der Waals surface area contributed by atoms with Gasteiger partial charge in [0.05, 0.1) is 11.4 Å². The zero-order valence-corrected chi connectivity index (χ0v) is 14.5. The molecule has 0 spiro atoms. The minimum Gasteiger partial charge on any atom is -0.396 e. The lowest BCUT2D eigenvalue weighted by Gasteiger charge is -2.22. The highest BCUT2D eigenvalue weighted by atomic mass is 16.2. The van der Waals surface area contributed by atoms with Gasteiger partial charge in [-0.2, -0.15) is 0 Å². The van der Waals surface area contributed by atoms with Gasteiger partial charge in [0.2, 0.25) is 0 Å². The number of imidazole rings is 1. The van der Waals surface area contributed by atoms with Crippen LogP contribution in [0.15, 0.2) is 54.7 Å². The van der Waals surface area contributed by atoms with E-state index >= 15 is 0 Å². The Balaban J connectivity index is 1.69. The molecule has 130 valence electrons. The third kappa shape index (κ3) is 3.60. The fourth-order valence-electron chi connectivity index (χ4n) is 3.47. The third-order valence-corrected chi connectivity index (χ3v) is 4.95. The average molecular weight is 335 g/mol. The molecular weight excluding hydrogens is 310 g/mol. The van der Waals surface area contributed by atoms with Gasteiger partial charge in [-0.3, -0.25) is 4.90 Å². The number of aromatic nitrogens is 2. The van der Waals surface area contributed by atoms with Crippen molar-refractivity contribution in [2.75, 3.05) is 13.2 Å². The molecule has 0 saturated heterocycles. The fourth-order valence-corrected chi connectivity index (χ4v) is 3.47. The predicted molar refractivity (Wildman–Crippen MR) is 100 cm³/mol. The van der Waals surface area contributed by atoms with E-state index in [0.717, 1.165) is 37.3 Å². The summed E-state index contributed by atoms with van der Waals surface area (Å²) in [6, 6.07) is 17.3. The van der Waals surface area contributed by atoms with Gasteiger partial charge in [0.1, 0.15) is 5.65 Å². The van der Waals surface area contributed by atoms with Gasteiger partial charge in [-0.1, -0.05) is 36.4 Å². The van der Waals surface area contributed by atoms with Crippen LogP contribution in [0.3, 0.4) is 0 Å². The summed E-state index contributed by atoms with van der Waals surface area (Å²) in [6.45, 7) is 2.23. The van der Waals surface area contributed by atoms with Gasteiger partial charge in [-0.15, -0.1) is 0 Å². The number of hydrogen-bond acceptors (Lipinski definition) is 3. The Morgan fingerprint density at radius 1 is 1.04 bits per heavy atom. The zero-order chi connectivity index (χ0) is 17.1. The van der Waals surface area contributed by atoms with Crippen LogP contribution in [0.2, 0.25) is 0 Å². The molecule has 2 heterocycles. The number of benzene rings is 1. The molecule has 4 rings (SSSR count). The molecule has 0 amide bonds. The Morgan fingerprint density at radius 3 is 2.60 bits per heavy atom. The minimum absolute atomic E-state index is 0.281. The van der Waals surface area contributed by atoms with Gasteiger partial charge in [-0.25, -0.2) is 4.98 Å². The van der Waals surface area contributed by atoms with E-state index in [1.54, 1.807) is 0 Å². The number of aliphatic hydroxyl groups is 1. The number of nitrogens with zero attached hydrogens (tertiary/aromatic N) is 3. The van der Waals surface area contributed by atoms with Crippen molar-refractivity contribution in [2.24, 2.45) is 0 Å². The molecule has 1 aromatic carbocycles. The maximum atomic E-state index is 9.09. The van der Waals surface area contributed by atoms with Crippen LogP contribution >= 0.6 is 0 Å². The first kappa shape index (κ1) is 16.3. The summed E-state index contributed by atoms with van der Waals surface area (Å²) < 4.78 is 2.23. The first-order valence-corrected chi connectivity index (χ1v) is 9.23. The highest BCUT2D eigenvalue weighted by molar-refractivity contribution is 5.66. The second kappa shape index (κ2) is 7.38. The summed E-state index contributed by atoms with van der Waals surface area (Å²) in [5, 5.41) is 9.09. The van der Waals surface area contributed by atoms with Crippen LogP contribution in [0.1, 0.15) is 31.4 Å². The van der Waals surface area contributed by atoms with Crippen molar-refractivity contribution in [1.82, 2.24) is 14.3 Å². The van der Waals surface area contributed by atoms with E-state index in [1.165, 1.54) is 24.1 Å². The second-order valence-electron chi connectivity index (χ2n) is 6.83. The Morgan fingerprint density at radius 2 is 1.84 bits per heavy atom. The molecule has 1 fully saturated rings. The van der Waals surface area contributed by atoms with E-state index in [2.05, 4.69) is 51.9 Å². The lowest BCUT2D eigenvalue weighted by molar-refractivity contribution is 0.227. The molecule has 1 saturated carbocycles. The molecule has 0 radical (unpaired) electrons. The molecule has 0 aliphatic heterocycles. The Bertz CT molecular complexity index is 824. The fraction of sp³-hybridized carbons (Fsp3) is 0.381. The highest BCUT2D eigenvalue weighted by Gasteiger charge is 2.30. The summed E-state index contributed by atoms with van der Waals surface area (Å²) in [5.41, 5.74) is 4.52.